The third kappa shape index (κ3) is 6.52. The van der Waals surface area contributed by atoms with Crippen molar-refractivity contribution >= 4 is 40.5 Å². The molecule has 170 valence electrons. The summed E-state index contributed by atoms with van der Waals surface area (Å²) in [6.45, 7) is 10.8. The van der Waals surface area contributed by atoms with Crippen LogP contribution in [0.5, 0.6) is 0 Å². The molecule has 0 unspecified atom stereocenters. The van der Waals surface area contributed by atoms with Crippen LogP contribution in [0.1, 0.15) is 58.2 Å². The number of thiophene rings is 1. The van der Waals surface area contributed by atoms with Gasteiger partial charge >= 0.3 is 0 Å². The first-order valence-corrected chi connectivity index (χ1v) is 10.9. The van der Waals surface area contributed by atoms with E-state index in [1.54, 1.807) is 25.1 Å². The van der Waals surface area contributed by atoms with Crippen molar-refractivity contribution in [3.05, 3.63) is 62.5 Å². The summed E-state index contributed by atoms with van der Waals surface area (Å²) < 4.78 is 0. The molecule has 0 aliphatic heterocycles. The number of rotatable bonds is 8. The maximum atomic E-state index is 12.8. The summed E-state index contributed by atoms with van der Waals surface area (Å²) in [5.74, 6) is -1.14. The molecule has 0 saturated heterocycles. The molecule has 9 heteroatoms. The van der Waals surface area contributed by atoms with Crippen LogP contribution in [0.3, 0.4) is 0 Å². The predicted octanol–water partition coefficient (Wildman–Crippen LogP) is 3.69. The van der Waals surface area contributed by atoms with Crippen LogP contribution in [-0.2, 0) is 4.79 Å². The third-order valence-corrected chi connectivity index (χ3v) is 5.66. The number of benzene rings is 1. The Hall–Kier alpha value is -3.46. The van der Waals surface area contributed by atoms with Crippen LogP contribution in [-0.4, -0.2) is 29.5 Å². The lowest BCUT2D eigenvalue weighted by Gasteiger charge is -2.14. The van der Waals surface area contributed by atoms with Crippen molar-refractivity contribution in [2.45, 2.75) is 47.6 Å². The molecule has 2 rings (SSSR count). The molecule has 0 aliphatic carbocycles. The fourth-order valence-electron chi connectivity index (χ4n) is 2.82. The maximum Gasteiger partial charge on any atom is 0.279 e. The van der Waals surface area contributed by atoms with Gasteiger partial charge in [0.1, 0.15) is 0 Å². The molecular weight excluding hydrogens is 426 g/mol. The molecule has 3 amide bonds. The van der Waals surface area contributed by atoms with Gasteiger partial charge < -0.3 is 21.5 Å². The second-order valence-corrected chi connectivity index (χ2v) is 8.83. The molecule has 0 bridgehead atoms. The van der Waals surface area contributed by atoms with Gasteiger partial charge in [0, 0.05) is 23.1 Å². The molecule has 0 radical (unpaired) electrons. The highest BCUT2D eigenvalue weighted by molar-refractivity contribution is 7.15. The summed E-state index contributed by atoms with van der Waals surface area (Å²) in [5, 5.41) is 13.6. The topological polar surface area (TPSA) is 123 Å². The molecule has 1 aromatic heterocycles. The van der Waals surface area contributed by atoms with Crippen LogP contribution in [0.2, 0.25) is 0 Å². The van der Waals surface area contributed by atoms with E-state index in [1.165, 1.54) is 6.92 Å². The first-order chi connectivity index (χ1) is 15.0. The Morgan fingerprint density at radius 2 is 1.53 bits per heavy atom. The first-order valence-electron chi connectivity index (χ1n) is 10.1. The van der Waals surface area contributed by atoms with Gasteiger partial charge in [-0.25, -0.2) is 0 Å². The average molecular weight is 456 g/mol. The van der Waals surface area contributed by atoms with E-state index in [9.17, 15) is 14.4 Å². The van der Waals surface area contributed by atoms with Crippen molar-refractivity contribution in [1.29, 1.82) is 5.41 Å². The quantitative estimate of drug-likeness (QED) is 0.237. The Morgan fingerprint density at radius 3 is 2.09 bits per heavy atom. The van der Waals surface area contributed by atoms with E-state index in [0.717, 1.165) is 22.5 Å². The van der Waals surface area contributed by atoms with Crippen LogP contribution in [0.25, 0.3) is 0 Å². The number of carbonyl (C=O) groups excluding carboxylic acids is 3. The summed E-state index contributed by atoms with van der Waals surface area (Å²) in [4.78, 5) is 38.1. The van der Waals surface area contributed by atoms with E-state index in [2.05, 4.69) is 21.5 Å². The third-order valence-electron chi connectivity index (χ3n) is 4.58. The number of allylic oxidation sites excluding steroid dienone is 1. The Labute approximate surface area is 192 Å². The van der Waals surface area contributed by atoms with Crippen molar-refractivity contribution in [3.63, 3.8) is 0 Å². The first kappa shape index (κ1) is 24.8. The van der Waals surface area contributed by atoms with Crippen molar-refractivity contribution in [2.75, 3.05) is 5.32 Å². The van der Waals surface area contributed by atoms with Gasteiger partial charge in [0.2, 0.25) is 0 Å². The van der Waals surface area contributed by atoms with Crippen LogP contribution in [0.15, 0.2) is 41.6 Å². The van der Waals surface area contributed by atoms with Crippen molar-refractivity contribution in [3.8, 4) is 0 Å². The Bertz CT molecular complexity index is 1090. The SMILES string of the molecule is CC(=N)/C(C(=O)Nc1ccc(C)c(C)c1)=C(\C)NNC(=O)c1ccc(C(=O)NC(C)C)s1. The van der Waals surface area contributed by atoms with Crippen LogP contribution in [0.4, 0.5) is 5.69 Å². The zero-order valence-electron chi connectivity index (χ0n) is 19.1. The van der Waals surface area contributed by atoms with Gasteiger partial charge in [-0.2, -0.15) is 0 Å². The fourth-order valence-corrected chi connectivity index (χ4v) is 3.63. The lowest BCUT2D eigenvalue weighted by molar-refractivity contribution is -0.112. The largest absolute Gasteiger partial charge is 0.349 e. The molecule has 1 heterocycles. The van der Waals surface area contributed by atoms with Crippen LogP contribution < -0.4 is 21.5 Å². The Balaban J connectivity index is 2.09. The zero-order valence-corrected chi connectivity index (χ0v) is 19.9. The number of anilines is 1. The van der Waals surface area contributed by atoms with Gasteiger partial charge in [-0.05, 0) is 76.9 Å². The summed E-state index contributed by atoms with van der Waals surface area (Å²) in [6.07, 6.45) is 0. The number of amides is 3. The highest BCUT2D eigenvalue weighted by Gasteiger charge is 2.18. The molecule has 0 aliphatic rings. The minimum absolute atomic E-state index is 0.00548. The van der Waals surface area contributed by atoms with Crippen LogP contribution in [0, 0.1) is 19.3 Å². The molecule has 0 atom stereocenters. The van der Waals surface area contributed by atoms with Crippen molar-refractivity contribution in [1.82, 2.24) is 16.2 Å². The monoisotopic (exact) mass is 455 g/mol. The number of hydrogen-bond donors (Lipinski definition) is 5. The van der Waals surface area contributed by atoms with Gasteiger partial charge in [-0.3, -0.25) is 19.8 Å². The molecule has 1 aromatic carbocycles. The fraction of sp³-hybridized carbons (Fsp3) is 0.304. The number of carbonyl (C=O) groups is 3. The average Bonchev–Trinajstić information content (AvgIpc) is 3.19. The molecular formula is C23H29N5O3S. The standard InChI is InChI=1S/C23H29N5O3S/c1-12(2)25-21(29)18-9-10-19(32-18)22(30)28-27-16(6)20(15(5)24)23(31)26-17-8-7-13(3)14(4)11-17/h7-12,24,27H,1-6H3,(H,25,29)(H,26,31)(H,28,30)/b20-16-,24-15?. The highest BCUT2D eigenvalue weighted by Crippen LogP contribution is 2.17. The highest BCUT2D eigenvalue weighted by atomic mass is 32.1. The van der Waals surface area contributed by atoms with Crippen molar-refractivity contribution < 1.29 is 14.4 Å². The summed E-state index contributed by atoms with van der Waals surface area (Å²) in [5.41, 5.74) is 8.49. The van der Waals surface area contributed by atoms with E-state index in [-0.39, 0.29) is 23.2 Å². The van der Waals surface area contributed by atoms with E-state index in [1.807, 2.05) is 39.8 Å². The molecule has 5 N–H and O–H groups in total. The summed E-state index contributed by atoms with van der Waals surface area (Å²) >= 11 is 1.07. The Kier molecular flexibility index (Phi) is 8.31. The van der Waals surface area contributed by atoms with Crippen molar-refractivity contribution in [2.24, 2.45) is 0 Å². The lowest BCUT2D eigenvalue weighted by Crippen LogP contribution is -2.38. The molecule has 0 fully saturated rings. The number of hydrazine groups is 1. The number of hydrogen-bond acceptors (Lipinski definition) is 6. The van der Waals surface area contributed by atoms with Gasteiger partial charge in [-0.1, -0.05) is 6.07 Å². The second kappa shape index (κ2) is 10.7. The minimum atomic E-state index is -0.455. The molecule has 8 nitrogen and oxygen atoms in total. The summed E-state index contributed by atoms with van der Waals surface area (Å²) in [7, 11) is 0. The minimum Gasteiger partial charge on any atom is -0.349 e. The van der Waals surface area contributed by atoms with Gasteiger partial charge in [0.15, 0.2) is 0 Å². The summed E-state index contributed by atoms with van der Waals surface area (Å²) in [6, 6.07) is 8.71. The van der Waals surface area contributed by atoms with Gasteiger partial charge in [-0.15, -0.1) is 11.3 Å². The zero-order chi connectivity index (χ0) is 24.0. The number of aryl methyl sites for hydroxylation is 2. The number of nitrogens with one attached hydrogen (secondary N) is 5. The molecule has 0 spiro atoms. The smallest absolute Gasteiger partial charge is 0.279 e. The second-order valence-electron chi connectivity index (χ2n) is 7.75. The van der Waals surface area contributed by atoms with E-state index in [4.69, 9.17) is 5.41 Å². The lowest BCUT2D eigenvalue weighted by atomic mass is 10.1. The van der Waals surface area contributed by atoms with E-state index < -0.39 is 11.8 Å². The van der Waals surface area contributed by atoms with E-state index in [0.29, 0.717) is 21.1 Å². The van der Waals surface area contributed by atoms with E-state index >= 15 is 0 Å². The van der Waals surface area contributed by atoms with Gasteiger partial charge in [0.25, 0.3) is 17.7 Å². The van der Waals surface area contributed by atoms with Crippen LogP contribution >= 0.6 is 11.3 Å². The maximum absolute atomic E-state index is 12.8. The van der Waals surface area contributed by atoms with Gasteiger partial charge in [0.05, 0.1) is 15.3 Å². The normalized spacial score (nSPS) is 11.5. The molecule has 0 saturated carbocycles. The Morgan fingerprint density at radius 1 is 0.906 bits per heavy atom. The molecule has 32 heavy (non-hydrogen) atoms. The predicted molar refractivity (Wildman–Crippen MR) is 128 cm³/mol. The molecule has 2 aromatic rings.